The van der Waals surface area contributed by atoms with Gasteiger partial charge >= 0.3 is 0 Å². The van der Waals surface area contributed by atoms with Gasteiger partial charge in [-0.3, -0.25) is 0 Å². The lowest BCUT2D eigenvalue weighted by molar-refractivity contribution is 0.323. The Balaban J connectivity index is 2.05. The summed E-state index contributed by atoms with van der Waals surface area (Å²) in [6.45, 7) is 6.32. The molecule has 1 aliphatic carbocycles. The normalized spacial score (nSPS) is 17.8. The van der Waals surface area contributed by atoms with Crippen LogP contribution in [0.3, 0.4) is 0 Å². The maximum atomic E-state index is 13.2. The molecule has 0 saturated heterocycles. The number of aryl methyl sites for hydroxylation is 1. The molecule has 1 unspecified atom stereocenters. The Bertz CT molecular complexity index is 396. The van der Waals surface area contributed by atoms with Crippen LogP contribution in [0, 0.1) is 24.6 Å². The maximum Gasteiger partial charge on any atom is 0.123 e. The van der Waals surface area contributed by atoms with Crippen LogP contribution in [0.25, 0.3) is 0 Å². The van der Waals surface area contributed by atoms with Crippen molar-refractivity contribution in [3.63, 3.8) is 0 Å². The van der Waals surface area contributed by atoms with Gasteiger partial charge in [0.05, 0.1) is 0 Å². The summed E-state index contributed by atoms with van der Waals surface area (Å²) in [6, 6.07) is 5.23. The van der Waals surface area contributed by atoms with Gasteiger partial charge in [0, 0.05) is 0 Å². The molecule has 1 aliphatic rings. The van der Waals surface area contributed by atoms with E-state index in [0.717, 1.165) is 31.0 Å². The molecule has 0 spiro atoms. The molecule has 1 atom stereocenters. The smallest absolute Gasteiger partial charge is 0.123 e. The van der Waals surface area contributed by atoms with Crippen LogP contribution in [-0.4, -0.2) is 13.1 Å². The molecule has 0 bridgehead atoms. The summed E-state index contributed by atoms with van der Waals surface area (Å²) >= 11 is 0. The average Bonchev–Trinajstić information content (AvgIpc) is 2.90. The molecular weight excluding hydrogens is 237 g/mol. The van der Waals surface area contributed by atoms with Crippen LogP contribution in [0.2, 0.25) is 0 Å². The van der Waals surface area contributed by atoms with Gasteiger partial charge in [-0.1, -0.05) is 38.7 Å². The summed E-state index contributed by atoms with van der Waals surface area (Å²) < 4.78 is 13.2. The van der Waals surface area contributed by atoms with Crippen LogP contribution in [0.5, 0.6) is 0 Å². The molecule has 0 aromatic heterocycles. The number of hydrogen-bond donors (Lipinski definition) is 1. The molecule has 0 radical (unpaired) electrons. The Hall–Kier alpha value is -0.890. The van der Waals surface area contributed by atoms with Gasteiger partial charge in [-0.05, 0) is 61.5 Å². The Labute approximate surface area is 116 Å². The van der Waals surface area contributed by atoms with Crippen LogP contribution in [0.4, 0.5) is 4.39 Å². The SMILES string of the molecule is CCNCC(Cc1ccc(F)cc1C)C1CCCC1. The third-order valence-electron chi connectivity index (χ3n) is 4.51. The Morgan fingerprint density at radius 1 is 1.32 bits per heavy atom. The van der Waals surface area contributed by atoms with Gasteiger partial charge < -0.3 is 5.32 Å². The van der Waals surface area contributed by atoms with E-state index in [1.165, 1.54) is 31.2 Å². The van der Waals surface area contributed by atoms with Gasteiger partial charge in [0.15, 0.2) is 0 Å². The first kappa shape index (κ1) is 14.5. The second kappa shape index (κ2) is 7.04. The van der Waals surface area contributed by atoms with E-state index in [1.54, 1.807) is 12.1 Å². The molecule has 1 aromatic carbocycles. The zero-order valence-corrected chi connectivity index (χ0v) is 12.2. The van der Waals surface area contributed by atoms with E-state index >= 15 is 0 Å². The second-order valence-electron chi connectivity index (χ2n) is 5.89. The van der Waals surface area contributed by atoms with Crippen LogP contribution < -0.4 is 5.32 Å². The zero-order chi connectivity index (χ0) is 13.7. The lowest BCUT2D eigenvalue weighted by atomic mass is 9.84. The Morgan fingerprint density at radius 2 is 2.05 bits per heavy atom. The zero-order valence-electron chi connectivity index (χ0n) is 12.2. The summed E-state index contributed by atoms with van der Waals surface area (Å²) in [4.78, 5) is 0. The molecule has 0 heterocycles. The van der Waals surface area contributed by atoms with Crippen molar-refractivity contribution in [3.8, 4) is 0 Å². The number of benzene rings is 1. The highest BCUT2D eigenvalue weighted by molar-refractivity contribution is 5.27. The van der Waals surface area contributed by atoms with E-state index < -0.39 is 0 Å². The van der Waals surface area contributed by atoms with Crippen molar-refractivity contribution < 1.29 is 4.39 Å². The minimum atomic E-state index is -0.120. The van der Waals surface area contributed by atoms with Crippen LogP contribution >= 0.6 is 0 Å². The molecule has 0 aliphatic heterocycles. The first-order chi connectivity index (χ1) is 9.20. The quantitative estimate of drug-likeness (QED) is 0.815. The lowest BCUT2D eigenvalue weighted by Gasteiger charge is -2.24. The van der Waals surface area contributed by atoms with Gasteiger partial charge in [0.25, 0.3) is 0 Å². The van der Waals surface area contributed by atoms with Crippen LogP contribution in [-0.2, 0) is 6.42 Å². The van der Waals surface area contributed by atoms with Crippen molar-refractivity contribution in [2.75, 3.05) is 13.1 Å². The van der Waals surface area contributed by atoms with Crippen molar-refractivity contribution >= 4 is 0 Å². The van der Waals surface area contributed by atoms with Gasteiger partial charge in [-0.25, -0.2) is 4.39 Å². The molecule has 1 N–H and O–H groups in total. The summed E-state index contributed by atoms with van der Waals surface area (Å²) in [5, 5.41) is 3.50. The number of hydrogen-bond acceptors (Lipinski definition) is 1. The summed E-state index contributed by atoms with van der Waals surface area (Å²) in [7, 11) is 0. The fourth-order valence-corrected chi connectivity index (χ4v) is 3.33. The summed E-state index contributed by atoms with van der Waals surface area (Å²) in [5.41, 5.74) is 2.41. The van der Waals surface area contributed by atoms with E-state index in [1.807, 2.05) is 13.0 Å². The molecule has 0 amide bonds. The van der Waals surface area contributed by atoms with Crippen molar-refractivity contribution in [3.05, 3.63) is 35.1 Å². The molecule has 1 fully saturated rings. The topological polar surface area (TPSA) is 12.0 Å². The van der Waals surface area contributed by atoms with Crippen molar-refractivity contribution in [2.24, 2.45) is 11.8 Å². The highest BCUT2D eigenvalue weighted by Gasteiger charge is 2.25. The van der Waals surface area contributed by atoms with Crippen molar-refractivity contribution in [2.45, 2.75) is 46.0 Å². The monoisotopic (exact) mass is 263 g/mol. The molecular formula is C17H26FN. The van der Waals surface area contributed by atoms with E-state index in [0.29, 0.717) is 5.92 Å². The van der Waals surface area contributed by atoms with Gasteiger partial charge in [0.2, 0.25) is 0 Å². The predicted octanol–water partition coefficient (Wildman–Crippen LogP) is 4.09. The molecule has 1 saturated carbocycles. The largest absolute Gasteiger partial charge is 0.317 e. The van der Waals surface area contributed by atoms with Gasteiger partial charge in [-0.15, -0.1) is 0 Å². The molecule has 106 valence electrons. The maximum absolute atomic E-state index is 13.2. The van der Waals surface area contributed by atoms with Gasteiger partial charge in [-0.2, -0.15) is 0 Å². The Morgan fingerprint density at radius 3 is 2.68 bits per heavy atom. The fourth-order valence-electron chi connectivity index (χ4n) is 3.33. The lowest BCUT2D eigenvalue weighted by Crippen LogP contribution is -2.29. The minimum Gasteiger partial charge on any atom is -0.317 e. The molecule has 19 heavy (non-hydrogen) atoms. The Kier molecular flexibility index (Phi) is 5.38. The van der Waals surface area contributed by atoms with Crippen LogP contribution in [0.15, 0.2) is 18.2 Å². The minimum absolute atomic E-state index is 0.120. The third-order valence-corrected chi connectivity index (χ3v) is 4.51. The summed E-state index contributed by atoms with van der Waals surface area (Å²) in [6.07, 6.45) is 6.60. The second-order valence-corrected chi connectivity index (χ2v) is 5.89. The van der Waals surface area contributed by atoms with Crippen molar-refractivity contribution in [1.82, 2.24) is 5.32 Å². The first-order valence-electron chi connectivity index (χ1n) is 7.66. The molecule has 1 nitrogen and oxygen atoms in total. The average molecular weight is 263 g/mol. The number of rotatable bonds is 6. The molecule has 2 rings (SSSR count). The van der Waals surface area contributed by atoms with Crippen molar-refractivity contribution in [1.29, 1.82) is 0 Å². The number of nitrogens with one attached hydrogen (secondary N) is 1. The highest BCUT2D eigenvalue weighted by atomic mass is 19.1. The highest BCUT2D eigenvalue weighted by Crippen LogP contribution is 2.33. The molecule has 1 aromatic rings. The first-order valence-corrected chi connectivity index (χ1v) is 7.66. The third kappa shape index (κ3) is 4.04. The number of halogens is 1. The standard InChI is InChI=1S/C17H26FN/c1-3-19-12-16(14-6-4-5-7-14)11-15-8-9-17(18)10-13(15)2/h8-10,14,16,19H,3-7,11-12H2,1-2H3. The molecule has 2 heteroatoms. The fraction of sp³-hybridized carbons (Fsp3) is 0.647. The van der Waals surface area contributed by atoms with E-state index in [-0.39, 0.29) is 5.82 Å². The van der Waals surface area contributed by atoms with Gasteiger partial charge in [0.1, 0.15) is 5.82 Å². The summed E-state index contributed by atoms with van der Waals surface area (Å²) in [5.74, 6) is 1.43. The van der Waals surface area contributed by atoms with E-state index in [2.05, 4.69) is 12.2 Å². The van der Waals surface area contributed by atoms with E-state index in [9.17, 15) is 4.39 Å². The van der Waals surface area contributed by atoms with Crippen LogP contribution in [0.1, 0.15) is 43.7 Å². The van der Waals surface area contributed by atoms with E-state index in [4.69, 9.17) is 0 Å². The predicted molar refractivity (Wildman–Crippen MR) is 78.8 cm³/mol.